The largest absolute Gasteiger partial charge is 0.460 e. The van der Waals surface area contributed by atoms with Gasteiger partial charge in [-0.05, 0) is 43.0 Å². The van der Waals surface area contributed by atoms with E-state index in [9.17, 15) is 9.59 Å². The van der Waals surface area contributed by atoms with Crippen LogP contribution in [0.5, 0.6) is 0 Å². The summed E-state index contributed by atoms with van der Waals surface area (Å²) >= 11 is 0. The normalized spacial score (nSPS) is 14.5. The van der Waals surface area contributed by atoms with Crippen LogP contribution in [0, 0.1) is 11.8 Å². The second-order valence-electron chi connectivity index (χ2n) is 9.46. The van der Waals surface area contributed by atoms with E-state index < -0.39 is 20.3 Å². The molecular formula is C27H46O5Si. The van der Waals surface area contributed by atoms with E-state index in [1.165, 1.54) is 0 Å². The van der Waals surface area contributed by atoms with Crippen LogP contribution < -0.4 is 0 Å². The molecule has 0 heterocycles. The minimum absolute atomic E-state index is 0.184. The van der Waals surface area contributed by atoms with Gasteiger partial charge in [0, 0.05) is 6.42 Å². The van der Waals surface area contributed by atoms with Gasteiger partial charge in [-0.2, -0.15) is 0 Å². The minimum Gasteiger partial charge on any atom is -0.460 e. The number of rotatable bonds is 16. The maximum Gasteiger partial charge on any atom is 0.313 e. The molecule has 0 amide bonds. The Morgan fingerprint density at radius 2 is 1.55 bits per heavy atom. The van der Waals surface area contributed by atoms with Gasteiger partial charge in [0.1, 0.15) is 12.7 Å². The summed E-state index contributed by atoms with van der Waals surface area (Å²) in [5.74, 6) is -0.956. The van der Waals surface area contributed by atoms with E-state index in [1.54, 1.807) is 0 Å². The van der Waals surface area contributed by atoms with E-state index >= 15 is 0 Å². The lowest BCUT2D eigenvalue weighted by Crippen LogP contribution is -2.48. The molecule has 188 valence electrons. The smallest absolute Gasteiger partial charge is 0.313 e. The summed E-state index contributed by atoms with van der Waals surface area (Å²) in [5, 5.41) is 0. The lowest BCUT2D eigenvalue weighted by atomic mass is 9.92. The molecule has 0 aliphatic carbocycles. The molecule has 1 aromatic carbocycles. The molecule has 0 radical (unpaired) electrons. The van der Waals surface area contributed by atoms with Crippen LogP contribution in [0.3, 0.4) is 0 Å². The van der Waals surface area contributed by atoms with E-state index in [2.05, 4.69) is 27.7 Å². The van der Waals surface area contributed by atoms with Gasteiger partial charge in [0.05, 0.1) is 12.0 Å². The van der Waals surface area contributed by atoms with Gasteiger partial charge in [0.15, 0.2) is 8.32 Å². The predicted octanol–water partition coefficient (Wildman–Crippen LogP) is 6.90. The van der Waals surface area contributed by atoms with Crippen molar-refractivity contribution in [3.05, 3.63) is 35.9 Å². The molecule has 1 rings (SSSR count). The van der Waals surface area contributed by atoms with Crippen LogP contribution >= 0.6 is 0 Å². The molecule has 0 saturated heterocycles. The number of hydrogen-bond donors (Lipinski definition) is 0. The Bertz CT molecular complexity index is 679. The summed E-state index contributed by atoms with van der Waals surface area (Å²) in [6.45, 7) is 14.8. The molecule has 0 aromatic heterocycles. The van der Waals surface area contributed by atoms with Crippen LogP contribution in [0.4, 0.5) is 0 Å². The maximum absolute atomic E-state index is 13.3. The number of benzene rings is 1. The highest BCUT2D eigenvalue weighted by molar-refractivity contribution is 6.73. The van der Waals surface area contributed by atoms with Crippen molar-refractivity contribution in [3.63, 3.8) is 0 Å². The molecule has 3 atom stereocenters. The number of carbonyl (C=O) groups excluding carboxylic acids is 2. The minimum atomic E-state index is -1.95. The van der Waals surface area contributed by atoms with Gasteiger partial charge in [-0.25, -0.2) is 0 Å². The molecule has 0 saturated carbocycles. The van der Waals surface area contributed by atoms with Gasteiger partial charge in [-0.15, -0.1) is 0 Å². The van der Waals surface area contributed by atoms with Crippen LogP contribution in [-0.4, -0.2) is 32.5 Å². The molecule has 0 N–H and O–H groups in total. The van der Waals surface area contributed by atoms with E-state index in [-0.39, 0.29) is 30.6 Å². The molecule has 0 bridgehead atoms. The van der Waals surface area contributed by atoms with Crippen LogP contribution in [0.1, 0.15) is 79.7 Å². The number of ether oxygens (including phenoxy) is 2. The second kappa shape index (κ2) is 15.3. The van der Waals surface area contributed by atoms with Crippen molar-refractivity contribution < 1.29 is 23.5 Å². The fourth-order valence-electron chi connectivity index (χ4n) is 4.18. The summed E-state index contributed by atoms with van der Waals surface area (Å²) < 4.78 is 18.4. The lowest BCUT2D eigenvalue weighted by molar-refractivity contribution is -0.170. The Hall–Kier alpha value is -1.66. The topological polar surface area (TPSA) is 61.8 Å². The van der Waals surface area contributed by atoms with E-state index in [1.807, 2.05) is 51.1 Å². The van der Waals surface area contributed by atoms with E-state index in [0.29, 0.717) is 12.8 Å². The zero-order valence-corrected chi connectivity index (χ0v) is 22.9. The first-order valence-electron chi connectivity index (χ1n) is 12.8. The average molecular weight is 479 g/mol. The van der Waals surface area contributed by atoms with Crippen LogP contribution in [0.25, 0.3) is 0 Å². The summed E-state index contributed by atoms with van der Waals surface area (Å²) in [4.78, 5) is 26.0. The highest BCUT2D eigenvalue weighted by atomic mass is 28.4. The quantitative estimate of drug-likeness (QED) is 0.191. The number of hydrogen-bond acceptors (Lipinski definition) is 5. The fraction of sp³-hybridized carbons (Fsp3) is 0.704. The predicted molar refractivity (Wildman–Crippen MR) is 136 cm³/mol. The third-order valence-electron chi connectivity index (χ3n) is 6.47. The van der Waals surface area contributed by atoms with Crippen molar-refractivity contribution in [2.24, 2.45) is 11.8 Å². The Kier molecular flexibility index (Phi) is 13.6. The first kappa shape index (κ1) is 29.4. The van der Waals surface area contributed by atoms with Crippen molar-refractivity contribution in [2.75, 3.05) is 0 Å². The van der Waals surface area contributed by atoms with Gasteiger partial charge in [0.2, 0.25) is 0 Å². The molecular weight excluding hydrogens is 432 g/mol. The summed E-state index contributed by atoms with van der Waals surface area (Å²) in [7, 11) is -1.95. The van der Waals surface area contributed by atoms with Crippen molar-refractivity contribution >= 4 is 20.3 Å². The first-order chi connectivity index (χ1) is 15.7. The van der Waals surface area contributed by atoms with Crippen LogP contribution in [-0.2, 0) is 30.1 Å². The highest BCUT2D eigenvalue weighted by Gasteiger charge is 2.41. The SMILES string of the molecule is CCCC[C@@H](C(=O)OCc1ccccc1)[C@@H](OC(=O)CC(C)C)[C@H](C)O[Si](CC)(CC)CC. The second-order valence-corrected chi connectivity index (χ2v) is 14.2. The third kappa shape index (κ3) is 10.0. The molecule has 6 heteroatoms. The van der Waals surface area contributed by atoms with Crippen molar-refractivity contribution in [2.45, 2.75) is 111 Å². The molecule has 33 heavy (non-hydrogen) atoms. The highest BCUT2D eigenvalue weighted by Crippen LogP contribution is 2.29. The Balaban J connectivity index is 3.15. The van der Waals surface area contributed by atoms with Gasteiger partial charge < -0.3 is 13.9 Å². The Labute approximate surface area is 202 Å². The molecule has 0 unspecified atom stereocenters. The summed E-state index contributed by atoms with van der Waals surface area (Å²) in [6.07, 6.45) is 1.72. The van der Waals surface area contributed by atoms with Crippen molar-refractivity contribution in [1.82, 2.24) is 0 Å². The molecule has 0 aliphatic heterocycles. The Morgan fingerprint density at radius 3 is 2.06 bits per heavy atom. The van der Waals surface area contributed by atoms with Crippen LogP contribution in [0.2, 0.25) is 18.1 Å². The van der Waals surface area contributed by atoms with Gasteiger partial charge in [0.25, 0.3) is 0 Å². The van der Waals surface area contributed by atoms with E-state index in [4.69, 9.17) is 13.9 Å². The standard InChI is InChI=1S/C27H46O5Si/c1-8-12-18-24(27(29)30-20-23-16-14-13-15-17-23)26(31-25(28)19-21(5)6)22(7)32-33(9-2,10-3)11-4/h13-17,21-22,24,26H,8-12,18-20H2,1-7H3/t22-,24+,26-/m0/s1. The molecule has 0 aliphatic rings. The number of esters is 2. The summed E-state index contributed by atoms with van der Waals surface area (Å²) in [6, 6.07) is 12.6. The maximum atomic E-state index is 13.3. The van der Waals surface area contributed by atoms with Crippen LogP contribution in [0.15, 0.2) is 30.3 Å². The zero-order chi connectivity index (χ0) is 24.9. The Morgan fingerprint density at radius 1 is 0.939 bits per heavy atom. The molecule has 0 spiro atoms. The van der Waals surface area contributed by atoms with Gasteiger partial charge in [-0.3, -0.25) is 9.59 Å². The van der Waals surface area contributed by atoms with Gasteiger partial charge in [-0.1, -0.05) is 84.7 Å². The monoisotopic (exact) mass is 478 g/mol. The number of unbranched alkanes of at least 4 members (excludes halogenated alkanes) is 1. The third-order valence-corrected chi connectivity index (χ3v) is 11.2. The number of carbonyl (C=O) groups is 2. The summed E-state index contributed by atoms with van der Waals surface area (Å²) in [5.41, 5.74) is 0.937. The van der Waals surface area contributed by atoms with Gasteiger partial charge >= 0.3 is 11.9 Å². The molecule has 0 fully saturated rings. The average Bonchev–Trinajstić information content (AvgIpc) is 2.80. The fourth-order valence-corrected chi connectivity index (χ4v) is 7.10. The molecule has 1 aromatic rings. The zero-order valence-electron chi connectivity index (χ0n) is 21.9. The lowest BCUT2D eigenvalue weighted by Gasteiger charge is -2.37. The van der Waals surface area contributed by atoms with Crippen molar-refractivity contribution in [1.29, 1.82) is 0 Å². The first-order valence-corrected chi connectivity index (χ1v) is 15.3. The molecule has 5 nitrogen and oxygen atoms in total. The van der Waals surface area contributed by atoms with Crippen molar-refractivity contribution in [3.8, 4) is 0 Å². The van der Waals surface area contributed by atoms with E-state index in [0.717, 1.165) is 36.5 Å².